The van der Waals surface area contributed by atoms with Crippen LogP contribution in [0.25, 0.3) is 12.2 Å². The van der Waals surface area contributed by atoms with Crippen molar-refractivity contribution < 1.29 is 67.9 Å². The number of fused-ring (bicyclic) bond motifs is 2. The number of hydrogen-bond acceptors (Lipinski definition) is 9. The van der Waals surface area contributed by atoms with Crippen LogP contribution in [0.3, 0.4) is 0 Å². The average molecular weight is 757 g/mol. The van der Waals surface area contributed by atoms with Gasteiger partial charge >= 0.3 is 35.5 Å². The monoisotopic (exact) mass is 756 g/mol. The number of esters is 1. The van der Waals surface area contributed by atoms with Crippen LogP contribution in [-0.4, -0.2) is 70.4 Å². The summed E-state index contributed by atoms with van der Waals surface area (Å²) < 4.78 is 27.8. The van der Waals surface area contributed by atoms with Crippen LogP contribution in [0.5, 0.6) is 23.0 Å². The van der Waals surface area contributed by atoms with Crippen molar-refractivity contribution in [2.75, 3.05) is 41.5 Å². The summed E-state index contributed by atoms with van der Waals surface area (Å²) in [5.74, 6) is 2.02. The van der Waals surface area contributed by atoms with E-state index in [-0.39, 0.29) is 41.5 Å². The number of methoxy groups -OCH3 is 3. The van der Waals surface area contributed by atoms with Crippen LogP contribution in [0.2, 0.25) is 0 Å². The standard InChI is InChI=1S/C22H25NO4.C21H21NO3.CH3O.Na/c1-25-20-14-19(22(24)26-2)17(10-11-18-9-6-12-23-18)13-21(20)27-15-16-7-4-3-5-8-16;1-24-19-13-18-16(9-10-17-8-5-11-22(17)21(18)23)12-20(19)25-14-15-6-3-2-4-7-15;1-2;/h3-5,7-8,10-11,13-14,18,23H,6,9,12,15H2,1-2H3;2-4,6-7,9-10,12-13,17H,5,8,11,14H2,1H3;1H3;/q;;-1;+1/b11-10-;;;/t18-;17-;;/m00../s1. The Labute approximate surface area is 346 Å². The normalized spacial score (nSPS) is 16.6. The smallest absolute Gasteiger partial charge is 0.857 e. The van der Waals surface area contributed by atoms with Gasteiger partial charge in [-0.05, 0) is 78.7 Å². The first-order valence-electron chi connectivity index (χ1n) is 18.1. The predicted octanol–water partition coefficient (Wildman–Crippen LogP) is 3.71. The molecule has 0 aromatic heterocycles. The molecule has 0 bridgehead atoms. The number of carbonyl (C=O) groups is 2. The molecule has 2 atom stereocenters. The SMILES string of the molecule is COC(=O)c1cc(OC)c(OCc2ccccc2)cc1/C=C\[C@@H]1CCCN1.COc1cc2c(cc1OCc1ccccc1)C=C[C@@H]1CCCN1C2=O.C[O-].[Na+]. The molecule has 55 heavy (non-hydrogen) atoms. The molecule has 11 heteroatoms. The molecular weight excluding hydrogens is 707 g/mol. The molecule has 284 valence electrons. The zero-order valence-corrected chi connectivity index (χ0v) is 34.4. The summed E-state index contributed by atoms with van der Waals surface area (Å²) in [5, 5.41) is 11.7. The molecule has 1 amide bonds. The molecule has 1 N–H and O–H groups in total. The number of nitrogens with zero attached hydrogens (tertiary/aromatic N) is 1. The van der Waals surface area contributed by atoms with E-state index in [4.69, 9.17) is 28.8 Å². The molecule has 3 aliphatic heterocycles. The minimum Gasteiger partial charge on any atom is -0.857 e. The number of benzene rings is 4. The van der Waals surface area contributed by atoms with Gasteiger partial charge < -0.3 is 39.0 Å². The van der Waals surface area contributed by atoms with Gasteiger partial charge in [0.25, 0.3) is 5.91 Å². The van der Waals surface area contributed by atoms with E-state index in [1.54, 1.807) is 20.3 Å². The summed E-state index contributed by atoms with van der Waals surface area (Å²) >= 11 is 0. The van der Waals surface area contributed by atoms with Crippen LogP contribution in [0, 0.1) is 0 Å². The van der Waals surface area contributed by atoms with Crippen LogP contribution in [0.1, 0.15) is 68.7 Å². The number of nitrogens with one attached hydrogen (secondary N) is 1. The topological polar surface area (TPSA) is 119 Å². The molecule has 3 aliphatic rings. The van der Waals surface area contributed by atoms with Gasteiger partial charge in [0.2, 0.25) is 0 Å². The number of ether oxygens (including phenoxy) is 5. The van der Waals surface area contributed by atoms with Gasteiger partial charge in [-0.3, -0.25) is 4.79 Å². The Kier molecular flexibility index (Phi) is 17.3. The van der Waals surface area contributed by atoms with Crippen molar-refractivity contribution in [3.05, 3.63) is 130 Å². The summed E-state index contributed by atoms with van der Waals surface area (Å²) in [6.07, 6.45) is 12.6. The molecule has 0 aliphatic carbocycles. The molecule has 10 nitrogen and oxygen atoms in total. The fourth-order valence-electron chi connectivity index (χ4n) is 6.62. The molecule has 0 radical (unpaired) electrons. The van der Waals surface area contributed by atoms with E-state index in [0.29, 0.717) is 53.4 Å². The average Bonchev–Trinajstić information content (AvgIpc) is 3.92. The Morgan fingerprint density at radius 3 is 2.02 bits per heavy atom. The van der Waals surface area contributed by atoms with Gasteiger partial charge in [0.05, 0.1) is 38.5 Å². The summed E-state index contributed by atoms with van der Waals surface area (Å²) in [6.45, 7) is 2.72. The maximum absolute atomic E-state index is 12.9. The number of amides is 1. The molecule has 4 aromatic carbocycles. The first-order chi connectivity index (χ1) is 26.5. The quantitative estimate of drug-likeness (QED) is 0.181. The largest absolute Gasteiger partial charge is 1.00 e. The van der Waals surface area contributed by atoms with Crippen molar-refractivity contribution >= 4 is 24.0 Å². The van der Waals surface area contributed by atoms with Crippen molar-refractivity contribution in [2.24, 2.45) is 0 Å². The summed E-state index contributed by atoms with van der Waals surface area (Å²) in [7, 11) is 5.29. The maximum atomic E-state index is 12.9. The second-order valence-corrected chi connectivity index (χ2v) is 12.8. The molecular formula is C44H49N2NaO8. The third-order valence-corrected chi connectivity index (χ3v) is 9.45. The Bertz CT molecular complexity index is 1900. The summed E-state index contributed by atoms with van der Waals surface area (Å²) in [5.41, 5.74) is 4.93. The van der Waals surface area contributed by atoms with Gasteiger partial charge in [-0.1, -0.05) is 85.0 Å². The fourth-order valence-corrected chi connectivity index (χ4v) is 6.62. The molecule has 4 aromatic rings. The van der Waals surface area contributed by atoms with Crippen molar-refractivity contribution in [1.82, 2.24) is 10.2 Å². The Morgan fingerprint density at radius 2 is 1.44 bits per heavy atom. The van der Waals surface area contributed by atoms with Crippen LogP contribution >= 0.6 is 0 Å². The van der Waals surface area contributed by atoms with Crippen LogP contribution in [0.4, 0.5) is 0 Å². The molecule has 2 saturated heterocycles. The Balaban J connectivity index is 0.000000231. The van der Waals surface area contributed by atoms with E-state index in [2.05, 4.69) is 17.5 Å². The number of carbonyl (C=O) groups excluding carboxylic acids is 2. The van der Waals surface area contributed by atoms with Crippen molar-refractivity contribution in [2.45, 2.75) is 51.0 Å². The van der Waals surface area contributed by atoms with Gasteiger partial charge in [-0.15, -0.1) is 0 Å². The van der Waals surface area contributed by atoms with E-state index in [0.717, 1.165) is 68.1 Å². The molecule has 3 heterocycles. The zero-order chi connectivity index (χ0) is 38.3. The van der Waals surface area contributed by atoms with Gasteiger partial charge in [-0.2, -0.15) is 7.11 Å². The van der Waals surface area contributed by atoms with Crippen LogP contribution < -0.4 is 58.9 Å². The Hall–Kier alpha value is -4.58. The van der Waals surface area contributed by atoms with Gasteiger partial charge in [0.1, 0.15) is 13.2 Å². The van der Waals surface area contributed by atoms with Crippen LogP contribution in [0.15, 0.2) is 97.1 Å². The minimum absolute atomic E-state index is 0. The number of hydrogen-bond donors (Lipinski definition) is 1. The first-order valence-corrected chi connectivity index (χ1v) is 18.1. The Morgan fingerprint density at radius 1 is 0.818 bits per heavy atom. The van der Waals surface area contributed by atoms with E-state index >= 15 is 0 Å². The van der Waals surface area contributed by atoms with Crippen molar-refractivity contribution in [3.8, 4) is 23.0 Å². The third-order valence-electron chi connectivity index (χ3n) is 9.45. The van der Waals surface area contributed by atoms with Gasteiger partial charge in [0, 0.05) is 12.6 Å². The number of rotatable bonds is 11. The van der Waals surface area contributed by atoms with Crippen LogP contribution in [-0.2, 0) is 18.0 Å². The summed E-state index contributed by atoms with van der Waals surface area (Å²) in [4.78, 5) is 27.0. The van der Waals surface area contributed by atoms with Crippen molar-refractivity contribution in [3.63, 3.8) is 0 Å². The molecule has 0 saturated carbocycles. The van der Waals surface area contributed by atoms with E-state index in [1.165, 1.54) is 7.11 Å². The molecule has 2 fully saturated rings. The first kappa shape index (κ1) is 43.2. The molecule has 0 unspecified atom stereocenters. The van der Waals surface area contributed by atoms with Gasteiger partial charge in [0.15, 0.2) is 23.0 Å². The van der Waals surface area contributed by atoms with E-state index < -0.39 is 5.97 Å². The van der Waals surface area contributed by atoms with Gasteiger partial charge in [-0.25, -0.2) is 4.79 Å². The molecule has 7 rings (SSSR count). The second kappa shape index (κ2) is 22.1. The van der Waals surface area contributed by atoms with Crippen molar-refractivity contribution in [1.29, 1.82) is 0 Å². The zero-order valence-electron chi connectivity index (χ0n) is 32.4. The predicted molar refractivity (Wildman–Crippen MR) is 208 cm³/mol. The van der Waals surface area contributed by atoms with E-state index in [1.807, 2.05) is 95.9 Å². The second-order valence-electron chi connectivity index (χ2n) is 12.8. The summed E-state index contributed by atoms with van der Waals surface area (Å²) in [6, 6.07) is 27.7. The maximum Gasteiger partial charge on any atom is 1.00 e. The van der Waals surface area contributed by atoms with E-state index in [9.17, 15) is 9.59 Å². The minimum atomic E-state index is -0.401. The molecule has 0 spiro atoms. The fraction of sp³-hybridized carbons (Fsp3) is 0.318. The third kappa shape index (κ3) is 11.5.